The number of aryl methyl sites for hydroxylation is 1. The van der Waals surface area contributed by atoms with E-state index < -0.39 is 0 Å². The lowest BCUT2D eigenvalue weighted by atomic mass is 10.1. The van der Waals surface area contributed by atoms with Crippen LogP contribution < -0.4 is 5.32 Å². The van der Waals surface area contributed by atoms with Gasteiger partial charge in [0.25, 0.3) is 5.91 Å². The predicted octanol–water partition coefficient (Wildman–Crippen LogP) is 6.99. The van der Waals surface area contributed by atoms with Crippen LogP contribution in [-0.2, 0) is 0 Å². The summed E-state index contributed by atoms with van der Waals surface area (Å²) >= 11 is 9.49. The van der Waals surface area contributed by atoms with E-state index in [0.29, 0.717) is 33.5 Å². The van der Waals surface area contributed by atoms with Crippen molar-refractivity contribution >= 4 is 39.1 Å². The van der Waals surface area contributed by atoms with Crippen LogP contribution in [0.2, 0.25) is 5.02 Å². The van der Waals surface area contributed by atoms with Crippen LogP contribution in [0.1, 0.15) is 15.9 Å². The number of nitrogens with one attached hydrogen (secondary N) is 1. The summed E-state index contributed by atoms with van der Waals surface area (Å²) in [5.74, 6) is 0.763. The third-order valence-electron chi connectivity index (χ3n) is 4.48. The van der Waals surface area contributed by atoms with Gasteiger partial charge in [-0.15, -0.1) is 0 Å². The van der Waals surface area contributed by atoms with Crippen LogP contribution in [0.25, 0.3) is 22.8 Å². The molecule has 6 heteroatoms. The standard InChI is InChI=1S/C23H16BrClN2O2/c1-14-6-11-17(25)12-20(14)27-22(28)18-4-2-3-5-19(18)23-26-13-21(29-23)15-7-9-16(24)10-8-15/h2-13H,1H3,(H,27,28). The number of halogens is 2. The third kappa shape index (κ3) is 4.26. The summed E-state index contributed by atoms with van der Waals surface area (Å²) in [6.07, 6.45) is 1.66. The maximum atomic E-state index is 13.0. The minimum absolute atomic E-state index is 0.255. The first-order valence-electron chi connectivity index (χ1n) is 8.90. The van der Waals surface area contributed by atoms with Crippen molar-refractivity contribution in [2.45, 2.75) is 6.92 Å². The lowest BCUT2D eigenvalue weighted by Crippen LogP contribution is -2.14. The monoisotopic (exact) mass is 466 g/mol. The normalized spacial score (nSPS) is 10.7. The number of hydrogen-bond donors (Lipinski definition) is 1. The summed E-state index contributed by atoms with van der Waals surface area (Å²) in [5.41, 5.74) is 3.58. The number of anilines is 1. The van der Waals surface area contributed by atoms with E-state index in [2.05, 4.69) is 26.2 Å². The lowest BCUT2D eigenvalue weighted by molar-refractivity contribution is 0.102. The fourth-order valence-corrected chi connectivity index (χ4v) is 3.37. The second-order valence-corrected chi connectivity index (χ2v) is 7.85. The van der Waals surface area contributed by atoms with Gasteiger partial charge >= 0.3 is 0 Å². The Hall–Kier alpha value is -2.89. The van der Waals surface area contributed by atoms with Crippen LogP contribution in [0.4, 0.5) is 5.69 Å². The fraction of sp³-hybridized carbons (Fsp3) is 0.0435. The van der Waals surface area contributed by atoms with Gasteiger partial charge in [-0.3, -0.25) is 4.79 Å². The molecule has 1 aromatic heterocycles. The molecule has 0 unspecified atom stereocenters. The first-order valence-corrected chi connectivity index (χ1v) is 10.1. The van der Waals surface area contributed by atoms with E-state index in [0.717, 1.165) is 15.6 Å². The number of rotatable bonds is 4. The van der Waals surface area contributed by atoms with Crippen LogP contribution in [0, 0.1) is 6.92 Å². The molecule has 0 aliphatic carbocycles. The summed E-state index contributed by atoms with van der Waals surface area (Å²) in [4.78, 5) is 17.3. The van der Waals surface area contributed by atoms with Crippen molar-refractivity contribution in [1.82, 2.24) is 4.98 Å². The SMILES string of the molecule is Cc1ccc(Cl)cc1NC(=O)c1ccccc1-c1ncc(-c2ccc(Br)cc2)o1. The van der Waals surface area contributed by atoms with Crippen LogP contribution in [-0.4, -0.2) is 10.9 Å². The Balaban J connectivity index is 1.66. The maximum absolute atomic E-state index is 13.0. The number of carbonyl (C=O) groups excluding carboxylic acids is 1. The molecule has 0 spiro atoms. The molecular weight excluding hydrogens is 452 g/mol. The smallest absolute Gasteiger partial charge is 0.256 e. The van der Waals surface area contributed by atoms with Crippen molar-refractivity contribution in [2.24, 2.45) is 0 Å². The van der Waals surface area contributed by atoms with E-state index >= 15 is 0 Å². The molecule has 0 radical (unpaired) electrons. The summed E-state index contributed by atoms with van der Waals surface area (Å²) < 4.78 is 6.94. The molecule has 0 atom stereocenters. The van der Waals surface area contributed by atoms with Crippen molar-refractivity contribution in [2.75, 3.05) is 5.32 Å². The number of oxazole rings is 1. The molecule has 0 bridgehead atoms. The number of nitrogens with zero attached hydrogens (tertiary/aromatic N) is 1. The number of amides is 1. The topological polar surface area (TPSA) is 55.1 Å². The van der Waals surface area contributed by atoms with Crippen LogP contribution in [0.3, 0.4) is 0 Å². The predicted molar refractivity (Wildman–Crippen MR) is 119 cm³/mol. The van der Waals surface area contributed by atoms with Gasteiger partial charge in [-0.25, -0.2) is 4.98 Å². The molecule has 0 fully saturated rings. The van der Waals surface area contributed by atoms with Crippen molar-refractivity contribution in [3.63, 3.8) is 0 Å². The Kier molecular flexibility index (Phi) is 5.51. The van der Waals surface area contributed by atoms with Gasteiger partial charge in [0.1, 0.15) is 0 Å². The first-order chi connectivity index (χ1) is 14.0. The highest BCUT2D eigenvalue weighted by molar-refractivity contribution is 9.10. The average Bonchev–Trinajstić information content (AvgIpc) is 3.21. The zero-order valence-electron chi connectivity index (χ0n) is 15.4. The summed E-state index contributed by atoms with van der Waals surface area (Å²) in [5, 5.41) is 3.49. The molecule has 1 N–H and O–H groups in total. The van der Waals surface area contributed by atoms with Gasteiger partial charge in [0, 0.05) is 26.3 Å². The third-order valence-corrected chi connectivity index (χ3v) is 5.25. The molecule has 0 saturated heterocycles. The Morgan fingerprint density at radius 3 is 2.62 bits per heavy atom. The van der Waals surface area contributed by atoms with Crippen molar-refractivity contribution in [1.29, 1.82) is 0 Å². The number of hydrogen-bond acceptors (Lipinski definition) is 3. The minimum Gasteiger partial charge on any atom is -0.436 e. The van der Waals surface area contributed by atoms with Crippen LogP contribution >= 0.6 is 27.5 Å². The summed E-state index contributed by atoms with van der Waals surface area (Å²) in [6.45, 7) is 1.91. The van der Waals surface area contributed by atoms with Gasteiger partial charge in [-0.05, 0) is 48.9 Å². The zero-order valence-corrected chi connectivity index (χ0v) is 17.8. The maximum Gasteiger partial charge on any atom is 0.256 e. The number of carbonyl (C=O) groups is 1. The van der Waals surface area contributed by atoms with Gasteiger partial charge in [-0.1, -0.05) is 57.9 Å². The molecule has 0 aliphatic heterocycles. The highest BCUT2D eigenvalue weighted by atomic mass is 79.9. The van der Waals surface area contributed by atoms with E-state index in [1.807, 2.05) is 55.5 Å². The minimum atomic E-state index is -0.255. The molecule has 144 valence electrons. The van der Waals surface area contributed by atoms with E-state index in [4.69, 9.17) is 16.0 Å². The Morgan fingerprint density at radius 1 is 1.07 bits per heavy atom. The molecule has 29 heavy (non-hydrogen) atoms. The first kappa shape index (κ1) is 19.4. The zero-order chi connectivity index (χ0) is 20.4. The van der Waals surface area contributed by atoms with Gasteiger partial charge in [-0.2, -0.15) is 0 Å². The van der Waals surface area contributed by atoms with Gasteiger partial charge in [0.05, 0.1) is 11.8 Å². The van der Waals surface area contributed by atoms with Gasteiger partial charge in [0.2, 0.25) is 5.89 Å². The highest BCUT2D eigenvalue weighted by Gasteiger charge is 2.17. The number of benzene rings is 3. The second-order valence-electron chi connectivity index (χ2n) is 6.50. The molecule has 1 amide bonds. The fourth-order valence-electron chi connectivity index (χ4n) is 2.93. The Bertz CT molecular complexity index is 1190. The van der Waals surface area contributed by atoms with E-state index in [-0.39, 0.29) is 5.91 Å². The summed E-state index contributed by atoms with van der Waals surface area (Å²) in [6, 6.07) is 20.4. The number of aromatic nitrogens is 1. The van der Waals surface area contributed by atoms with Gasteiger partial charge < -0.3 is 9.73 Å². The van der Waals surface area contributed by atoms with Crippen molar-refractivity contribution in [3.8, 4) is 22.8 Å². The largest absolute Gasteiger partial charge is 0.436 e. The molecule has 4 aromatic rings. The van der Waals surface area contributed by atoms with Crippen LogP contribution in [0.15, 0.2) is 81.8 Å². The Labute approximate surface area is 181 Å². The Morgan fingerprint density at radius 2 is 1.83 bits per heavy atom. The molecule has 3 aromatic carbocycles. The van der Waals surface area contributed by atoms with Gasteiger partial charge in [0.15, 0.2) is 5.76 Å². The van der Waals surface area contributed by atoms with E-state index in [1.54, 1.807) is 24.4 Å². The molecule has 1 heterocycles. The van der Waals surface area contributed by atoms with E-state index in [9.17, 15) is 4.79 Å². The van der Waals surface area contributed by atoms with Crippen molar-refractivity contribution in [3.05, 3.63) is 93.5 Å². The summed E-state index contributed by atoms with van der Waals surface area (Å²) in [7, 11) is 0. The van der Waals surface area contributed by atoms with E-state index in [1.165, 1.54) is 0 Å². The molecule has 0 aliphatic rings. The van der Waals surface area contributed by atoms with Crippen molar-refractivity contribution < 1.29 is 9.21 Å². The molecular formula is C23H16BrClN2O2. The van der Waals surface area contributed by atoms with Crippen LogP contribution in [0.5, 0.6) is 0 Å². The molecule has 0 saturated carbocycles. The highest BCUT2D eigenvalue weighted by Crippen LogP contribution is 2.30. The second kappa shape index (κ2) is 8.23. The quantitative estimate of drug-likeness (QED) is 0.352. The average molecular weight is 468 g/mol. The lowest BCUT2D eigenvalue weighted by Gasteiger charge is -2.11. The molecule has 4 nitrogen and oxygen atoms in total. The molecule has 4 rings (SSSR count).